The van der Waals surface area contributed by atoms with Crippen LogP contribution in [0.5, 0.6) is 5.88 Å². The van der Waals surface area contributed by atoms with Gasteiger partial charge in [0.2, 0.25) is 11.8 Å². The van der Waals surface area contributed by atoms with Crippen LogP contribution in [0.3, 0.4) is 0 Å². The molecule has 3 heterocycles. The van der Waals surface area contributed by atoms with Gasteiger partial charge < -0.3 is 19.7 Å². The smallest absolute Gasteiger partial charge is 0.410 e. The zero-order valence-electron chi connectivity index (χ0n) is 20.4. The Balaban J connectivity index is 1.65. The van der Waals surface area contributed by atoms with E-state index in [1.165, 1.54) is 23.0 Å². The Bertz CT molecular complexity index is 935. The van der Waals surface area contributed by atoms with Gasteiger partial charge in [-0.3, -0.25) is 9.69 Å². The fourth-order valence-corrected chi connectivity index (χ4v) is 4.42. The van der Waals surface area contributed by atoms with Crippen LogP contribution in [0.25, 0.3) is 0 Å². The van der Waals surface area contributed by atoms with Crippen LogP contribution >= 0.6 is 0 Å². The molecule has 0 radical (unpaired) electrons. The third-order valence-corrected chi connectivity index (χ3v) is 5.93. The van der Waals surface area contributed by atoms with Crippen LogP contribution in [0.4, 0.5) is 28.2 Å². The number of amides is 2. The number of nitrogens with zero attached hydrogens (tertiary/aromatic N) is 3. The topological polar surface area (TPSA) is 84.0 Å². The zero-order valence-corrected chi connectivity index (χ0v) is 20.4. The molecule has 1 aromatic rings. The second-order valence-corrected chi connectivity index (χ2v) is 9.93. The highest BCUT2D eigenvalue weighted by Crippen LogP contribution is 2.34. The first-order valence-electron chi connectivity index (χ1n) is 11.6. The number of nitrogens with one attached hydrogen (secondary N) is 1. The molecule has 8 nitrogen and oxygen atoms in total. The molecular weight excluding hydrogens is 472 g/mol. The minimum Gasteiger partial charge on any atom is -0.481 e. The van der Waals surface area contributed by atoms with Crippen molar-refractivity contribution in [3.8, 4) is 5.88 Å². The van der Waals surface area contributed by atoms with Crippen LogP contribution in [-0.2, 0) is 16.1 Å². The molecule has 0 bridgehead atoms. The fourth-order valence-electron chi connectivity index (χ4n) is 4.42. The first-order chi connectivity index (χ1) is 16.3. The minimum absolute atomic E-state index is 0.0465. The Kier molecular flexibility index (Phi) is 8.00. The second kappa shape index (κ2) is 10.4. The van der Waals surface area contributed by atoms with Crippen LogP contribution in [0.2, 0.25) is 0 Å². The molecule has 2 saturated heterocycles. The average molecular weight is 505 g/mol. The molecule has 2 aliphatic rings. The Morgan fingerprint density at radius 3 is 2.54 bits per heavy atom. The summed E-state index contributed by atoms with van der Waals surface area (Å²) in [6, 6.07) is 0.460. The highest BCUT2D eigenvalue weighted by atomic mass is 19.4. The first kappa shape index (κ1) is 26.8. The number of rotatable bonds is 6. The summed E-state index contributed by atoms with van der Waals surface area (Å²) in [4.78, 5) is 32.3. The molecule has 0 saturated carbocycles. The molecule has 2 fully saturated rings. The van der Waals surface area contributed by atoms with Crippen LogP contribution in [0.15, 0.2) is 6.07 Å². The van der Waals surface area contributed by atoms with Crippen molar-refractivity contribution < 1.29 is 36.6 Å². The number of ether oxygens (including phenoxy) is 2. The van der Waals surface area contributed by atoms with Gasteiger partial charge in [0.05, 0.1) is 7.11 Å². The molecule has 0 aromatic carbocycles. The summed E-state index contributed by atoms with van der Waals surface area (Å²) in [5.41, 5.74) is -0.420. The lowest BCUT2D eigenvalue weighted by Crippen LogP contribution is -2.47. The third kappa shape index (κ3) is 7.11. The number of methoxy groups -OCH3 is 1. The number of carbonyl (C=O) groups is 2. The summed E-state index contributed by atoms with van der Waals surface area (Å²) in [6.07, 6.45) is -4.35. The van der Waals surface area contributed by atoms with Gasteiger partial charge in [0.15, 0.2) is 11.6 Å². The molecule has 1 aromatic heterocycles. The Labute approximate surface area is 201 Å². The van der Waals surface area contributed by atoms with Crippen molar-refractivity contribution in [2.75, 3.05) is 31.6 Å². The van der Waals surface area contributed by atoms with Crippen LogP contribution < -0.4 is 15.0 Å². The maximum atomic E-state index is 14.9. The molecule has 1 N–H and O–H groups in total. The Morgan fingerprint density at radius 2 is 1.91 bits per heavy atom. The van der Waals surface area contributed by atoms with Gasteiger partial charge >= 0.3 is 12.3 Å². The van der Waals surface area contributed by atoms with Gasteiger partial charge in [-0.2, -0.15) is 18.2 Å². The Morgan fingerprint density at radius 1 is 1.20 bits per heavy atom. The molecule has 0 aliphatic carbocycles. The summed E-state index contributed by atoms with van der Waals surface area (Å²) >= 11 is 0. The highest BCUT2D eigenvalue weighted by Gasteiger charge is 2.38. The molecule has 12 heteroatoms. The van der Waals surface area contributed by atoms with E-state index in [1.54, 1.807) is 20.8 Å². The van der Waals surface area contributed by atoms with Crippen LogP contribution in [-0.4, -0.2) is 66.4 Å². The van der Waals surface area contributed by atoms with Gasteiger partial charge in [-0.25, -0.2) is 9.18 Å². The number of hydrogen-bond donors (Lipinski definition) is 1. The number of anilines is 1. The summed E-state index contributed by atoms with van der Waals surface area (Å²) in [6.45, 7) is 5.83. The number of pyridine rings is 1. The molecular formula is C23H32F4N4O4. The van der Waals surface area contributed by atoms with E-state index in [2.05, 4.69) is 10.3 Å². The summed E-state index contributed by atoms with van der Waals surface area (Å²) in [7, 11) is 1.34. The van der Waals surface area contributed by atoms with Crippen molar-refractivity contribution >= 4 is 17.8 Å². The predicted molar refractivity (Wildman–Crippen MR) is 120 cm³/mol. The standard InChI is InChI=1S/C23H32F4N4O4/c1-22(2,3)35-21(33)31-8-5-6-17(31)19(32)28-12-15-10-16(24)18(29-20(15)34-4)30-9-7-14(13-30)11-23(25,26)27/h10,14,17H,5-9,11-13H2,1-4H3,(H,28,32)/t14?,17-/m0/s1. The first-order valence-corrected chi connectivity index (χ1v) is 11.6. The van der Waals surface area contributed by atoms with Gasteiger partial charge in [-0.15, -0.1) is 0 Å². The summed E-state index contributed by atoms with van der Waals surface area (Å²) in [5.74, 6) is -1.75. The lowest BCUT2D eigenvalue weighted by molar-refractivity contribution is -0.142. The van der Waals surface area contributed by atoms with E-state index in [-0.39, 0.29) is 43.3 Å². The zero-order chi connectivity index (χ0) is 26.0. The van der Waals surface area contributed by atoms with Crippen LogP contribution in [0, 0.1) is 11.7 Å². The predicted octanol–water partition coefficient (Wildman–Crippen LogP) is 4.02. The number of likely N-dealkylation sites (tertiary alicyclic amines) is 1. The molecule has 2 aliphatic heterocycles. The number of alkyl halides is 3. The molecule has 196 valence electrons. The molecule has 3 rings (SSSR count). The van der Waals surface area contributed by atoms with E-state index in [4.69, 9.17) is 9.47 Å². The summed E-state index contributed by atoms with van der Waals surface area (Å²) in [5, 5.41) is 2.70. The normalized spacial score (nSPS) is 20.8. The van der Waals surface area contributed by atoms with Crippen molar-refractivity contribution in [2.45, 2.75) is 70.8 Å². The SMILES string of the molecule is COc1nc(N2CCC(CC(F)(F)F)C2)c(F)cc1CNC(=O)[C@@H]1CCCN1C(=O)OC(C)(C)C. The molecule has 35 heavy (non-hydrogen) atoms. The largest absolute Gasteiger partial charge is 0.481 e. The maximum absolute atomic E-state index is 14.9. The van der Waals surface area contributed by atoms with Crippen molar-refractivity contribution in [2.24, 2.45) is 5.92 Å². The van der Waals surface area contributed by atoms with E-state index in [9.17, 15) is 27.2 Å². The lowest BCUT2D eigenvalue weighted by atomic mass is 10.1. The molecule has 2 atom stereocenters. The van der Waals surface area contributed by atoms with Crippen molar-refractivity contribution in [1.82, 2.24) is 15.2 Å². The average Bonchev–Trinajstić information content (AvgIpc) is 3.39. The Hall–Kier alpha value is -2.79. The second-order valence-electron chi connectivity index (χ2n) is 9.93. The van der Waals surface area contributed by atoms with Gasteiger partial charge in [-0.1, -0.05) is 0 Å². The van der Waals surface area contributed by atoms with E-state index in [0.29, 0.717) is 19.4 Å². The molecule has 0 spiro atoms. The van der Waals surface area contributed by atoms with Crippen molar-refractivity contribution in [1.29, 1.82) is 0 Å². The fraction of sp³-hybridized carbons (Fsp3) is 0.696. The van der Waals surface area contributed by atoms with Crippen LogP contribution in [0.1, 0.15) is 52.0 Å². The van der Waals surface area contributed by atoms with Gasteiger partial charge in [-0.05, 0) is 52.0 Å². The molecule has 1 unspecified atom stereocenters. The summed E-state index contributed by atoms with van der Waals surface area (Å²) < 4.78 is 63.6. The number of halogens is 4. The van der Waals surface area contributed by atoms with Crippen molar-refractivity contribution in [3.05, 3.63) is 17.4 Å². The van der Waals surface area contributed by atoms with E-state index in [1.807, 2.05) is 0 Å². The van der Waals surface area contributed by atoms with Gasteiger partial charge in [0.1, 0.15) is 11.6 Å². The van der Waals surface area contributed by atoms with E-state index in [0.717, 1.165) is 0 Å². The maximum Gasteiger partial charge on any atom is 0.410 e. The van der Waals surface area contributed by atoms with Crippen molar-refractivity contribution in [3.63, 3.8) is 0 Å². The van der Waals surface area contributed by atoms with E-state index < -0.39 is 48.0 Å². The third-order valence-electron chi connectivity index (χ3n) is 5.93. The van der Waals surface area contributed by atoms with Gasteiger partial charge in [0, 0.05) is 38.2 Å². The quantitative estimate of drug-likeness (QED) is 0.590. The monoisotopic (exact) mass is 504 g/mol. The molecule has 2 amide bonds. The lowest BCUT2D eigenvalue weighted by Gasteiger charge is -2.28. The van der Waals surface area contributed by atoms with E-state index >= 15 is 0 Å². The number of aromatic nitrogens is 1. The highest BCUT2D eigenvalue weighted by molar-refractivity contribution is 5.86. The minimum atomic E-state index is -4.27. The van der Waals surface area contributed by atoms with Gasteiger partial charge in [0.25, 0.3) is 0 Å². The number of carbonyl (C=O) groups excluding carboxylic acids is 2. The number of hydrogen-bond acceptors (Lipinski definition) is 6.